The monoisotopic (exact) mass is 628 g/mol. The zero-order valence-electron chi connectivity index (χ0n) is 25.8. The largest absolute Gasteiger partial charge is 0.495 e. The van der Waals surface area contributed by atoms with E-state index < -0.39 is 29.6 Å². The number of aliphatic hydroxyl groups excluding tert-OH is 1. The highest BCUT2D eigenvalue weighted by atomic mass is 35.5. The van der Waals surface area contributed by atoms with Crippen molar-refractivity contribution in [3.05, 3.63) is 88.7 Å². The number of carbonyl (C=O) groups is 3. The number of allylic oxidation sites excluding steroid dienone is 2. The fourth-order valence-electron chi connectivity index (χ4n) is 5.84. The molecule has 2 unspecified atom stereocenters. The van der Waals surface area contributed by atoms with Crippen molar-refractivity contribution in [3.8, 4) is 28.0 Å². The number of nitrogens with one attached hydrogen (secondary N) is 1. The van der Waals surface area contributed by atoms with Crippen LogP contribution in [-0.4, -0.2) is 54.0 Å². The van der Waals surface area contributed by atoms with Crippen molar-refractivity contribution in [1.29, 1.82) is 0 Å². The number of hydrogen-bond donors (Lipinski definition) is 2. The van der Waals surface area contributed by atoms with E-state index in [1.807, 2.05) is 55.5 Å². The Labute approximate surface area is 268 Å². The Morgan fingerprint density at radius 3 is 2.64 bits per heavy atom. The summed E-state index contributed by atoms with van der Waals surface area (Å²) in [7, 11) is 1.60. The maximum Gasteiger partial charge on any atom is 0.259 e. The molecule has 1 saturated heterocycles. The Morgan fingerprint density at radius 1 is 1.16 bits per heavy atom. The number of aromatic nitrogens is 1. The van der Waals surface area contributed by atoms with Crippen LogP contribution in [-0.2, 0) is 25.5 Å². The molecule has 1 aliphatic carbocycles. The minimum absolute atomic E-state index is 0.000922. The van der Waals surface area contributed by atoms with E-state index >= 15 is 0 Å². The molecular weight excluding hydrogens is 592 g/mol. The molecular formula is C36H37ClN2O6. The molecule has 0 spiro atoms. The van der Waals surface area contributed by atoms with Crippen LogP contribution in [0.2, 0.25) is 5.02 Å². The maximum atomic E-state index is 13.2. The van der Waals surface area contributed by atoms with Crippen LogP contribution in [0.1, 0.15) is 31.5 Å². The second-order valence-corrected chi connectivity index (χ2v) is 11.9. The van der Waals surface area contributed by atoms with Crippen LogP contribution in [0.3, 0.4) is 0 Å². The molecule has 0 radical (unpaired) electrons. The molecule has 9 heteroatoms. The summed E-state index contributed by atoms with van der Waals surface area (Å²) in [5.41, 5.74) is 5.23. The Kier molecular flexibility index (Phi) is 9.97. The molecule has 0 saturated carbocycles. The molecule has 1 fully saturated rings. The lowest BCUT2D eigenvalue weighted by Gasteiger charge is -2.25. The van der Waals surface area contributed by atoms with Crippen molar-refractivity contribution in [3.63, 3.8) is 0 Å². The first-order chi connectivity index (χ1) is 21.6. The van der Waals surface area contributed by atoms with Crippen LogP contribution in [0.5, 0.6) is 5.75 Å². The topological polar surface area (TPSA) is 115 Å². The van der Waals surface area contributed by atoms with Crippen LogP contribution < -0.4 is 10.1 Å². The molecule has 2 aliphatic rings. The summed E-state index contributed by atoms with van der Waals surface area (Å²) in [5, 5.41) is 13.5. The number of ether oxygens (including phenoxy) is 2. The molecule has 5 rings (SSSR count). The molecule has 4 atom stereocenters. The van der Waals surface area contributed by atoms with E-state index in [0.717, 1.165) is 39.9 Å². The molecule has 234 valence electrons. The number of hydrogen-bond acceptors (Lipinski definition) is 7. The summed E-state index contributed by atoms with van der Waals surface area (Å²) >= 11 is 7.03. The predicted octanol–water partition coefficient (Wildman–Crippen LogP) is 6.17. The van der Waals surface area contributed by atoms with Gasteiger partial charge < -0.3 is 19.9 Å². The number of aliphatic hydroxyl groups is 1. The summed E-state index contributed by atoms with van der Waals surface area (Å²) in [6, 6.07) is 13.2. The summed E-state index contributed by atoms with van der Waals surface area (Å²) in [5.74, 6) is -1.85. The van der Waals surface area contributed by atoms with Gasteiger partial charge in [0, 0.05) is 53.4 Å². The van der Waals surface area contributed by atoms with Crippen LogP contribution in [0, 0.1) is 24.7 Å². The number of amides is 1. The minimum Gasteiger partial charge on any atom is -0.495 e. The standard InChI is InChI=1S/C36H37ClN2O6/c1-20-16-28(35(42)22(3)34(20)41)36(43)39-29-12-7-9-25(21(29)2)27-11-6-10-26(33(27)37)24-17-32(44-4)30(38-18-24)13-5-8-23-14-15-45-19-31(23)40/h5-12,16-18,20,22-23,31,40H,13-15,19H2,1-4H3,(H,39,43)/b8-5+/t20?,22?,23-,31+/m1/s1. The zero-order valence-corrected chi connectivity index (χ0v) is 26.6. The number of carbonyl (C=O) groups excluding carboxylic acids is 3. The second kappa shape index (κ2) is 13.9. The SMILES string of the molecule is COc1cc(-c2cccc(-c3cccc(NC(=O)C4=CC(C)C(=O)C(C)C4=O)c3C)c2Cl)cnc1C/C=C/[C@@H]1CCOC[C@@H]1O. The van der Waals surface area contributed by atoms with Crippen LogP contribution >= 0.6 is 11.6 Å². The highest BCUT2D eigenvalue weighted by molar-refractivity contribution is 6.36. The molecule has 45 heavy (non-hydrogen) atoms. The average Bonchev–Trinajstić information content (AvgIpc) is 3.04. The van der Waals surface area contributed by atoms with E-state index in [9.17, 15) is 19.5 Å². The molecule has 8 nitrogen and oxygen atoms in total. The molecule has 0 bridgehead atoms. The number of halogens is 1. The Hall–Kier alpha value is -4.11. The number of pyridine rings is 1. The van der Waals surface area contributed by atoms with E-state index in [2.05, 4.69) is 10.3 Å². The first-order valence-corrected chi connectivity index (χ1v) is 15.4. The van der Waals surface area contributed by atoms with Crippen molar-refractivity contribution >= 4 is 34.8 Å². The highest BCUT2D eigenvalue weighted by Crippen LogP contribution is 2.40. The van der Waals surface area contributed by atoms with E-state index in [4.69, 9.17) is 21.1 Å². The normalized spacial score (nSPS) is 22.0. The smallest absolute Gasteiger partial charge is 0.259 e. The van der Waals surface area contributed by atoms with Crippen LogP contribution in [0.25, 0.3) is 22.3 Å². The third kappa shape index (κ3) is 6.78. The molecule has 2 aromatic carbocycles. The number of ketones is 2. The van der Waals surface area contributed by atoms with Crippen LogP contribution in [0.15, 0.2) is 72.5 Å². The van der Waals surface area contributed by atoms with Crippen molar-refractivity contribution in [2.75, 3.05) is 25.6 Å². The summed E-state index contributed by atoms with van der Waals surface area (Å²) < 4.78 is 11.0. The van der Waals surface area contributed by atoms with Crippen molar-refractivity contribution in [2.24, 2.45) is 17.8 Å². The van der Waals surface area contributed by atoms with Gasteiger partial charge in [0.1, 0.15) is 11.5 Å². The number of benzene rings is 2. The Bertz CT molecular complexity index is 1700. The van der Waals surface area contributed by atoms with Gasteiger partial charge in [-0.3, -0.25) is 19.4 Å². The number of anilines is 1. The van der Waals surface area contributed by atoms with Gasteiger partial charge in [0.25, 0.3) is 5.91 Å². The average molecular weight is 629 g/mol. The lowest BCUT2D eigenvalue weighted by atomic mass is 9.81. The van der Waals surface area contributed by atoms with Crippen molar-refractivity contribution < 1.29 is 29.0 Å². The van der Waals surface area contributed by atoms with Gasteiger partial charge in [-0.05, 0) is 43.5 Å². The van der Waals surface area contributed by atoms with Gasteiger partial charge in [0.15, 0.2) is 5.78 Å². The number of nitrogens with zero attached hydrogens (tertiary/aromatic N) is 1. The number of rotatable bonds is 8. The number of Topliss-reactive ketones (excluding diaryl/α,β-unsaturated/α-hetero) is 2. The fraction of sp³-hybridized carbons (Fsp3) is 0.333. The van der Waals surface area contributed by atoms with Gasteiger partial charge in [0.05, 0.1) is 42.0 Å². The summed E-state index contributed by atoms with van der Waals surface area (Å²) in [6.07, 6.45) is 8.07. The first kappa shape index (κ1) is 32.3. The Morgan fingerprint density at radius 2 is 1.89 bits per heavy atom. The van der Waals surface area contributed by atoms with E-state index in [1.54, 1.807) is 33.2 Å². The molecule has 3 aromatic rings. The Balaban J connectivity index is 1.39. The summed E-state index contributed by atoms with van der Waals surface area (Å²) in [4.78, 5) is 42.7. The van der Waals surface area contributed by atoms with E-state index in [0.29, 0.717) is 36.1 Å². The van der Waals surface area contributed by atoms with Gasteiger partial charge in [0.2, 0.25) is 0 Å². The predicted molar refractivity (Wildman–Crippen MR) is 174 cm³/mol. The van der Waals surface area contributed by atoms with E-state index in [-0.39, 0.29) is 17.3 Å². The molecule has 2 N–H and O–H groups in total. The second-order valence-electron chi connectivity index (χ2n) is 11.6. The summed E-state index contributed by atoms with van der Waals surface area (Å²) in [6.45, 7) is 6.10. The van der Waals surface area contributed by atoms with Gasteiger partial charge >= 0.3 is 0 Å². The maximum absolute atomic E-state index is 13.2. The lowest BCUT2D eigenvalue weighted by Crippen LogP contribution is -2.36. The van der Waals surface area contributed by atoms with Crippen molar-refractivity contribution in [1.82, 2.24) is 4.98 Å². The molecule has 1 amide bonds. The van der Waals surface area contributed by atoms with E-state index in [1.165, 1.54) is 6.08 Å². The molecule has 1 aliphatic heterocycles. The van der Waals surface area contributed by atoms with Crippen LogP contribution in [0.4, 0.5) is 5.69 Å². The molecule has 1 aromatic heterocycles. The highest BCUT2D eigenvalue weighted by Gasteiger charge is 2.35. The van der Waals surface area contributed by atoms with Gasteiger partial charge in [-0.25, -0.2) is 0 Å². The third-order valence-electron chi connectivity index (χ3n) is 8.60. The molecule has 2 heterocycles. The zero-order chi connectivity index (χ0) is 32.2. The van der Waals surface area contributed by atoms with Gasteiger partial charge in [-0.2, -0.15) is 0 Å². The quantitative estimate of drug-likeness (QED) is 0.174. The number of methoxy groups -OCH3 is 1. The third-order valence-corrected chi connectivity index (χ3v) is 9.01. The van der Waals surface area contributed by atoms with Gasteiger partial charge in [-0.1, -0.05) is 67.1 Å². The first-order valence-electron chi connectivity index (χ1n) is 15.1. The fourth-order valence-corrected chi connectivity index (χ4v) is 6.18. The van der Waals surface area contributed by atoms with Crippen molar-refractivity contribution in [2.45, 2.75) is 39.7 Å². The van der Waals surface area contributed by atoms with Gasteiger partial charge in [-0.15, -0.1) is 0 Å². The minimum atomic E-state index is -0.843. The lowest BCUT2D eigenvalue weighted by molar-refractivity contribution is -0.133.